The normalized spacial score (nSPS) is 17.9. The summed E-state index contributed by atoms with van der Waals surface area (Å²) in [7, 11) is 0. The summed E-state index contributed by atoms with van der Waals surface area (Å²) in [6.45, 7) is -2.16. The third-order valence-corrected chi connectivity index (χ3v) is 2.69. The number of nitrogens with two attached hydrogens (primary N) is 1. The molecule has 0 saturated heterocycles. The maximum atomic E-state index is 11.8. The highest BCUT2D eigenvalue weighted by Gasteiger charge is 2.16. The lowest BCUT2D eigenvalue weighted by molar-refractivity contribution is -0.127. The molecule has 1 aliphatic heterocycles. The van der Waals surface area contributed by atoms with Gasteiger partial charge in [-0.3, -0.25) is 0 Å². The molecule has 1 aromatic carbocycles. The molecule has 1 heterocycles. The molecule has 1 atom stereocenters. The van der Waals surface area contributed by atoms with Crippen LogP contribution in [0.15, 0.2) is 18.2 Å². The number of alkyl halides is 2. The minimum atomic E-state index is -2.70. The van der Waals surface area contributed by atoms with Gasteiger partial charge in [0.1, 0.15) is 12.4 Å². The Kier molecular flexibility index (Phi) is 5.78. The van der Waals surface area contributed by atoms with Gasteiger partial charge in [0.15, 0.2) is 0 Å². The van der Waals surface area contributed by atoms with Crippen LogP contribution in [0.3, 0.4) is 0 Å². The fourth-order valence-electron chi connectivity index (χ4n) is 1.89. The van der Waals surface area contributed by atoms with E-state index in [1.54, 1.807) is 0 Å². The van der Waals surface area contributed by atoms with Gasteiger partial charge in [-0.2, -0.15) is 8.78 Å². The van der Waals surface area contributed by atoms with Gasteiger partial charge in [-0.1, -0.05) is 12.1 Å². The van der Waals surface area contributed by atoms with E-state index in [2.05, 4.69) is 4.74 Å². The molecule has 2 rings (SSSR count). The highest BCUT2D eigenvalue weighted by Crippen LogP contribution is 2.25. The molecule has 0 saturated carbocycles. The van der Waals surface area contributed by atoms with E-state index < -0.39 is 6.61 Å². The Morgan fingerprint density at radius 1 is 1.44 bits per heavy atom. The zero-order chi connectivity index (χ0) is 12.3. The van der Waals surface area contributed by atoms with Crippen LogP contribution in [0, 0.1) is 0 Å². The van der Waals surface area contributed by atoms with Crippen molar-refractivity contribution in [2.45, 2.75) is 25.5 Å². The monoisotopic (exact) mass is 279 g/mol. The molecule has 0 bridgehead atoms. The maximum Gasteiger partial charge on any atom is 0.345 e. The Morgan fingerprint density at radius 3 is 2.94 bits per heavy atom. The highest BCUT2D eigenvalue weighted by atomic mass is 35.5. The topological polar surface area (TPSA) is 44.5 Å². The Bertz CT molecular complexity index is 390. The first-order valence-electron chi connectivity index (χ1n) is 5.55. The van der Waals surface area contributed by atoms with Crippen LogP contribution in [0.1, 0.15) is 11.1 Å². The van der Waals surface area contributed by atoms with Gasteiger partial charge >= 0.3 is 6.61 Å². The Morgan fingerprint density at radius 2 is 2.22 bits per heavy atom. The molecule has 0 aromatic heterocycles. The van der Waals surface area contributed by atoms with Crippen LogP contribution in [0.25, 0.3) is 0 Å². The minimum Gasteiger partial charge on any atom is -0.492 e. The second-order valence-corrected chi connectivity index (χ2v) is 4.10. The van der Waals surface area contributed by atoms with Gasteiger partial charge < -0.3 is 15.2 Å². The molecule has 0 radical (unpaired) electrons. The Hall–Kier alpha value is -0.910. The zero-order valence-corrected chi connectivity index (χ0v) is 10.6. The molecule has 0 spiro atoms. The van der Waals surface area contributed by atoms with E-state index in [4.69, 9.17) is 10.5 Å². The summed E-state index contributed by atoms with van der Waals surface area (Å²) in [5, 5.41) is 0. The molecule has 0 fully saturated rings. The van der Waals surface area contributed by atoms with Crippen molar-refractivity contribution in [3.05, 3.63) is 29.3 Å². The van der Waals surface area contributed by atoms with Gasteiger partial charge in [0.05, 0.1) is 6.61 Å². The number of halogens is 3. The van der Waals surface area contributed by atoms with Crippen LogP contribution in [0.2, 0.25) is 0 Å². The number of ether oxygens (including phenoxy) is 2. The van der Waals surface area contributed by atoms with Gasteiger partial charge in [-0.25, -0.2) is 0 Å². The lowest BCUT2D eigenvalue weighted by atomic mass is 10.00. The summed E-state index contributed by atoms with van der Waals surface area (Å²) < 4.78 is 33.3. The van der Waals surface area contributed by atoms with Crippen molar-refractivity contribution in [3.8, 4) is 5.75 Å². The molecule has 102 valence electrons. The molecular weight excluding hydrogens is 264 g/mol. The van der Waals surface area contributed by atoms with Gasteiger partial charge in [-0.15, -0.1) is 12.4 Å². The summed E-state index contributed by atoms with van der Waals surface area (Å²) in [4.78, 5) is 0. The molecule has 18 heavy (non-hydrogen) atoms. The molecule has 1 aromatic rings. The van der Waals surface area contributed by atoms with E-state index in [-0.39, 0.29) is 25.1 Å². The largest absolute Gasteiger partial charge is 0.492 e. The van der Waals surface area contributed by atoms with Crippen LogP contribution in [-0.4, -0.2) is 25.9 Å². The predicted octanol–water partition coefficient (Wildman–Crippen LogP) is 2.15. The number of fused-ring (bicyclic) bond motifs is 1. The van der Waals surface area contributed by atoms with E-state index in [0.717, 1.165) is 23.3 Å². The molecular formula is C12H16ClF2NO2. The van der Waals surface area contributed by atoms with Crippen LogP contribution in [0.4, 0.5) is 8.78 Å². The van der Waals surface area contributed by atoms with Gasteiger partial charge in [0.25, 0.3) is 0 Å². The summed E-state index contributed by atoms with van der Waals surface area (Å²) in [5.41, 5.74) is 7.79. The van der Waals surface area contributed by atoms with E-state index in [1.165, 1.54) is 0 Å². The number of hydrogen-bond donors (Lipinski definition) is 1. The zero-order valence-electron chi connectivity index (χ0n) is 9.77. The minimum absolute atomic E-state index is 0. The van der Waals surface area contributed by atoms with Crippen LogP contribution in [-0.2, 0) is 17.6 Å². The molecule has 3 nitrogen and oxygen atoms in total. The molecule has 1 aliphatic rings. The average molecular weight is 280 g/mol. The number of hydrogen-bond acceptors (Lipinski definition) is 3. The van der Waals surface area contributed by atoms with Crippen molar-refractivity contribution in [2.24, 2.45) is 5.73 Å². The smallest absolute Gasteiger partial charge is 0.345 e. The van der Waals surface area contributed by atoms with E-state index in [0.29, 0.717) is 13.0 Å². The standard InChI is InChI=1S/C12H15F2NO2.ClH/c13-12(14)16-4-3-8-1-2-11-9(5-8)6-10(15)7-17-11;/h1-2,5,10,12H,3-4,6-7,15H2;1H/t10-;/m1./s1. The summed E-state index contributed by atoms with van der Waals surface area (Å²) >= 11 is 0. The first-order chi connectivity index (χ1) is 8.15. The lowest BCUT2D eigenvalue weighted by Crippen LogP contribution is -2.33. The molecule has 2 N–H and O–H groups in total. The van der Waals surface area contributed by atoms with Crippen molar-refractivity contribution >= 4 is 12.4 Å². The quantitative estimate of drug-likeness (QED) is 0.918. The fraction of sp³-hybridized carbons (Fsp3) is 0.500. The number of rotatable bonds is 4. The van der Waals surface area contributed by atoms with Crippen molar-refractivity contribution in [1.82, 2.24) is 0 Å². The maximum absolute atomic E-state index is 11.8. The van der Waals surface area contributed by atoms with Crippen molar-refractivity contribution < 1.29 is 18.3 Å². The van der Waals surface area contributed by atoms with Gasteiger partial charge in [0, 0.05) is 6.04 Å². The van der Waals surface area contributed by atoms with E-state index in [1.807, 2.05) is 18.2 Å². The molecule has 6 heteroatoms. The fourth-order valence-corrected chi connectivity index (χ4v) is 1.89. The predicted molar refractivity (Wildman–Crippen MR) is 66.5 cm³/mol. The second kappa shape index (κ2) is 6.87. The van der Waals surface area contributed by atoms with E-state index >= 15 is 0 Å². The summed E-state index contributed by atoms with van der Waals surface area (Å²) in [5.74, 6) is 0.838. The Balaban J connectivity index is 0.00000162. The van der Waals surface area contributed by atoms with Crippen molar-refractivity contribution in [1.29, 1.82) is 0 Å². The van der Waals surface area contributed by atoms with Crippen LogP contribution < -0.4 is 10.5 Å². The number of benzene rings is 1. The second-order valence-electron chi connectivity index (χ2n) is 4.10. The summed E-state index contributed by atoms with van der Waals surface area (Å²) in [6.07, 6.45) is 1.23. The van der Waals surface area contributed by atoms with Crippen molar-refractivity contribution in [3.63, 3.8) is 0 Å². The first-order valence-corrected chi connectivity index (χ1v) is 5.55. The molecule has 0 aliphatic carbocycles. The van der Waals surface area contributed by atoms with Crippen LogP contribution >= 0.6 is 12.4 Å². The molecule has 0 amide bonds. The third kappa shape index (κ3) is 4.08. The van der Waals surface area contributed by atoms with Gasteiger partial charge in [-0.05, 0) is 30.0 Å². The van der Waals surface area contributed by atoms with Crippen molar-refractivity contribution in [2.75, 3.05) is 13.2 Å². The van der Waals surface area contributed by atoms with Gasteiger partial charge in [0.2, 0.25) is 0 Å². The van der Waals surface area contributed by atoms with Crippen LogP contribution in [0.5, 0.6) is 5.75 Å². The average Bonchev–Trinajstić information content (AvgIpc) is 2.28. The third-order valence-electron chi connectivity index (χ3n) is 2.69. The lowest BCUT2D eigenvalue weighted by Gasteiger charge is -2.22. The first kappa shape index (κ1) is 15.1. The molecule has 0 unspecified atom stereocenters. The van der Waals surface area contributed by atoms with E-state index in [9.17, 15) is 8.78 Å². The summed E-state index contributed by atoms with van der Waals surface area (Å²) in [6, 6.07) is 5.68. The Labute approximate surface area is 111 Å². The highest BCUT2D eigenvalue weighted by molar-refractivity contribution is 5.85. The SMILES string of the molecule is Cl.N[C@H]1COc2ccc(CCOC(F)F)cc2C1.